The highest BCUT2D eigenvalue weighted by Crippen LogP contribution is 2.33. The maximum Gasteiger partial charge on any atom is 0.354 e. The number of aromatic nitrogens is 2. The number of benzene rings is 1. The van der Waals surface area contributed by atoms with E-state index < -0.39 is 4.92 Å². The lowest BCUT2D eigenvalue weighted by molar-refractivity contribution is -0.383. The molecule has 1 aromatic carbocycles. The Morgan fingerprint density at radius 3 is 2.55 bits per heavy atom. The Hall–Kier alpha value is -2.94. The molecule has 9 nitrogen and oxygen atoms in total. The number of nitrogens with one attached hydrogen (secondary N) is 2. The standard InChI is InChI=1S/C13H16N6O3/c1-18(2)17-13-11(19(20)21)12(14-8-15-13)16-9-6-4-5-7-10(9)22-3/h4-8H,1-3H3,(H2,14,15,16,17). The Morgan fingerprint density at radius 1 is 1.23 bits per heavy atom. The van der Waals surface area contributed by atoms with E-state index in [-0.39, 0.29) is 17.3 Å². The molecular formula is C13H16N6O3. The highest BCUT2D eigenvalue weighted by Gasteiger charge is 2.24. The maximum absolute atomic E-state index is 11.4. The Kier molecular flexibility index (Phi) is 4.69. The molecule has 0 fully saturated rings. The Bertz CT molecular complexity index is 677. The summed E-state index contributed by atoms with van der Waals surface area (Å²) in [5.74, 6) is 0.730. The smallest absolute Gasteiger partial charge is 0.354 e. The molecule has 2 rings (SSSR count). The van der Waals surface area contributed by atoms with Crippen LogP contribution in [-0.2, 0) is 0 Å². The van der Waals surface area contributed by atoms with Crippen LogP contribution in [-0.4, -0.2) is 41.1 Å². The highest BCUT2D eigenvalue weighted by molar-refractivity contribution is 5.75. The minimum atomic E-state index is -0.538. The van der Waals surface area contributed by atoms with Gasteiger partial charge in [0.2, 0.25) is 11.6 Å². The first-order valence-electron chi connectivity index (χ1n) is 6.36. The molecular weight excluding hydrogens is 288 g/mol. The second kappa shape index (κ2) is 6.68. The molecule has 0 amide bonds. The molecule has 0 unspecified atom stereocenters. The lowest BCUT2D eigenvalue weighted by Crippen LogP contribution is -2.21. The first-order valence-corrected chi connectivity index (χ1v) is 6.36. The largest absolute Gasteiger partial charge is 0.495 e. The van der Waals surface area contributed by atoms with Crippen LogP contribution in [0.1, 0.15) is 0 Å². The molecule has 116 valence electrons. The summed E-state index contributed by atoms with van der Waals surface area (Å²) in [7, 11) is 4.94. The number of nitro groups is 1. The second-order valence-electron chi connectivity index (χ2n) is 4.51. The number of anilines is 3. The molecule has 0 spiro atoms. The van der Waals surface area contributed by atoms with Crippen LogP contribution in [0.25, 0.3) is 0 Å². The molecule has 2 N–H and O–H groups in total. The van der Waals surface area contributed by atoms with Gasteiger partial charge in [-0.25, -0.2) is 15.0 Å². The van der Waals surface area contributed by atoms with E-state index in [4.69, 9.17) is 4.74 Å². The van der Waals surface area contributed by atoms with Crippen molar-refractivity contribution >= 4 is 23.0 Å². The van der Waals surface area contributed by atoms with Gasteiger partial charge in [0.05, 0.1) is 17.7 Å². The summed E-state index contributed by atoms with van der Waals surface area (Å²) >= 11 is 0. The molecule has 9 heteroatoms. The van der Waals surface area contributed by atoms with Crippen LogP contribution in [0.15, 0.2) is 30.6 Å². The van der Waals surface area contributed by atoms with Gasteiger partial charge in [0, 0.05) is 14.1 Å². The summed E-state index contributed by atoms with van der Waals surface area (Å²) in [6.07, 6.45) is 1.25. The van der Waals surface area contributed by atoms with Crippen molar-refractivity contribution in [2.75, 3.05) is 31.9 Å². The Balaban J connectivity index is 2.44. The maximum atomic E-state index is 11.4. The first-order chi connectivity index (χ1) is 10.5. The molecule has 0 aliphatic rings. The molecule has 0 aliphatic carbocycles. The van der Waals surface area contributed by atoms with Gasteiger partial charge < -0.3 is 10.1 Å². The van der Waals surface area contributed by atoms with Crippen molar-refractivity contribution in [1.29, 1.82) is 0 Å². The summed E-state index contributed by atoms with van der Waals surface area (Å²) < 4.78 is 5.21. The van der Waals surface area contributed by atoms with Gasteiger partial charge in [-0.3, -0.25) is 15.5 Å². The number of nitrogens with zero attached hydrogens (tertiary/aromatic N) is 4. The van der Waals surface area contributed by atoms with Gasteiger partial charge in [-0.15, -0.1) is 0 Å². The van der Waals surface area contributed by atoms with Crippen molar-refractivity contribution in [1.82, 2.24) is 15.0 Å². The highest BCUT2D eigenvalue weighted by atomic mass is 16.6. The molecule has 22 heavy (non-hydrogen) atoms. The van der Waals surface area contributed by atoms with Gasteiger partial charge >= 0.3 is 5.69 Å². The van der Waals surface area contributed by atoms with Crippen LogP contribution in [0.2, 0.25) is 0 Å². The van der Waals surface area contributed by atoms with Crippen molar-refractivity contribution in [2.24, 2.45) is 0 Å². The minimum absolute atomic E-state index is 0.0776. The number of hydrogen-bond donors (Lipinski definition) is 2. The van der Waals surface area contributed by atoms with Gasteiger partial charge in [-0.2, -0.15) is 0 Å². The molecule has 0 atom stereocenters. The van der Waals surface area contributed by atoms with E-state index in [0.29, 0.717) is 11.4 Å². The van der Waals surface area contributed by atoms with E-state index in [1.807, 2.05) is 0 Å². The minimum Gasteiger partial charge on any atom is -0.495 e. The fourth-order valence-electron chi connectivity index (χ4n) is 1.81. The summed E-state index contributed by atoms with van der Waals surface area (Å²) in [6.45, 7) is 0. The van der Waals surface area contributed by atoms with Gasteiger partial charge in [-0.05, 0) is 12.1 Å². The number of hydrogen-bond acceptors (Lipinski definition) is 8. The number of rotatable bonds is 6. The first kappa shape index (κ1) is 15.4. The molecule has 0 saturated carbocycles. The van der Waals surface area contributed by atoms with E-state index in [2.05, 4.69) is 20.7 Å². The third-order valence-corrected chi connectivity index (χ3v) is 2.69. The van der Waals surface area contributed by atoms with Crippen molar-refractivity contribution in [3.63, 3.8) is 0 Å². The molecule has 0 saturated heterocycles. The molecule has 0 aliphatic heterocycles. The molecule has 0 bridgehead atoms. The lowest BCUT2D eigenvalue weighted by Gasteiger charge is -2.14. The van der Waals surface area contributed by atoms with E-state index >= 15 is 0 Å². The van der Waals surface area contributed by atoms with Crippen LogP contribution in [0.5, 0.6) is 5.75 Å². The summed E-state index contributed by atoms with van der Waals surface area (Å²) in [4.78, 5) is 18.7. The number of hydrazine groups is 1. The average molecular weight is 304 g/mol. The summed E-state index contributed by atoms with van der Waals surface area (Å²) in [5.41, 5.74) is 3.10. The van der Waals surface area contributed by atoms with Crippen molar-refractivity contribution in [3.05, 3.63) is 40.7 Å². The van der Waals surface area contributed by atoms with Crippen LogP contribution < -0.4 is 15.5 Å². The van der Waals surface area contributed by atoms with Crippen LogP contribution in [0.3, 0.4) is 0 Å². The van der Waals surface area contributed by atoms with Gasteiger partial charge in [0.1, 0.15) is 12.1 Å². The van der Waals surface area contributed by atoms with Gasteiger partial charge in [0.15, 0.2) is 0 Å². The van der Waals surface area contributed by atoms with Crippen molar-refractivity contribution in [2.45, 2.75) is 0 Å². The Morgan fingerprint density at radius 2 is 1.91 bits per heavy atom. The average Bonchev–Trinajstić information content (AvgIpc) is 2.47. The predicted octanol–water partition coefficient (Wildman–Crippen LogP) is 2.03. The summed E-state index contributed by atoms with van der Waals surface area (Å²) in [6, 6.07) is 7.08. The Labute approximate surface area is 127 Å². The van der Waals surface area contributed by atoms with Crippen LogP contribution in [0, 0.1) is 10.1 Å². The predicted molar refractivity (Wildman–Crippen MR) is 82.3 cm³/mol. The van der Waals surface area contributed by atoms with E-state index in [1.165, 1.54) is 13.4 Å². The fourth-order valence-corrected chi connectivity index (χ4v) is 1.81. The molecule has 2 aromatic rings. The fraction of sp³-hybridized carbons (Fsp3) is 0.231. The SMILES string of the molecule is COc1ccccc1Nc1ncnc(NN(C)C)c1[N+](=O)[O-]. The van der Waals surface area contributed by atoms with E-state index in [1.54, 1.807) is 43.4 Å². The van der Waals surface area contributed by atoms with Gasteiger partial charge in [0.25, 0.3) is 0 Å². The van der Waals surface area contributed by atoms with Crippen LogP contribution in [0.4, 0.5) is 23.0 Å². The topological polar surface area (TPSA) is 105 Å². The number of methoxy groups -OCH3 is 1. The molecule has 1 heterocycles. The quantitative estimate of drug-likeness (QED) is 0.617. The monoisotopic (exact) mass is 304 g/mol. The number of para-hydroxylation sites is 2. The van der Waals surface area contributed by atoms with Crippen molar-refractivity contribution in [3.8, 4) is 5.75 Å². The van der Waals surface area contributed by atoms with Crippen LogP contribution >= 0.6 is 0 Å². The second-order valence-corrected chi connectivity index (χ2v) is 4.51. The normalized spacial score (nSPS) is 10.4. The summed E-state index contributed by atoms with van der Waals surface area (Å²) in [5, 5.41) is 15.8. The van der Waals surface area contributed by atoms with E-state index in [9.17, 15) is 10.1 Å². The third-order valence-electron chi connectivity index (χ3n) is 2.69. The lowest BCUT2D eigenvalue weighted by atomic mass is 10.3. The van der Waals surface area contributed by atoms with Crippen molar-refractivity contribution < 1.29 is 9.66 Å². The van der Waals surface area contributed by atoms with E-state index in [0.717, 1.165) is 0 Å². The van der Waals surface area contributed by atoms with Gasteiger partial charge in [-0.1, -0.05) is 12.1 Å². The molecule has 0 radical (unpaired) electrons. The number of ether oxygens (including phenoxy) is 1. The third kappa shape index (κ3) is 3.38. The molecule has 1 aromatic heterocycles. The zero-order valence-electron chi connectivity index (χ0n) is 12.4. The zero-order chi connectivity index (χ0) is 16.1. The zero-order valence-corrected chi connectivity index (χ0v) is 12.4.